The van der Waals surface area contributed by atoms with Crippen LogP contribution in [-0.4, -0.2) is 0 Å². The molecule has 0 saturated heterocycles. The molecular formula is C9H6Br2S. The van der Waals surface area contributed by atoms with Crippen LogP contribution in [0.25, 0.3) is 10.1 Å². The zero-order chi connectivity index (χ0) is 8.72. The zero-order valence-corrected chi connectivity index (χ0v) is 10.4. The van der Waals surface area contributed by atoms with Crippen molar-refractivity contribution in [2.24, 2.45) is 0 Å². The maximum Gasteiger partial charge on any atom is 0.0740 e. The smallest absolute Gasteiger partial charge is 0.0740 e. The number of halogens is 2. The molecule has 0 nitrogen and oxygen atoms in total. The third-order valence-corrected chi connectivity index (χ3v) is 4.63. The zero-order valence-electron chi connectivity index (χ0n) is 6.40. The molecule has 0 atom stereocenters. The van der Waals surface area contributed by atoms with E-state index in [1.807, 2.05) is 0 Å². The Balaban J connectivity index is 2.97. The third kappa shape index (κ3) is 1.24. The van der Waals surface area contributed by atoms with Crippen LogP contribution < -0.4 is 0 Å². The Morgan fingerprint density at radius 1 is 1.25 bits per heavy atom. The lowest BCUT2D eigenvalue weighted by molar-refractivity contribution is 1.56. The molecule has 2 aromatic rings. The molecule has 2 rings (SSSR count). The number of benzene rings is 1. The summed E-state index contributed by atoms with van der Waals surface area (Å²) in [6.45, 7) is 2.13. The fraction of sp³-hybridized carbons (Fsp3) is 0.111. The van der Waals surface area contributed by atoms with Crippen LogP contribution >= 0.6 is 43.2 Å². The predicted octanol–water partition coefficient (Wildman–Crippen LogP) is 4.73. The first-order valence-corrected chi connectivity index (χ1v) is 5.93. The van der Waals surface area contributed by atoms with Crippen molar-refractivity contribution in [3.05, 3.63) is 32.0 Å². The van der Waals surface area contributed by atoms with Gasteiger partial charge in [0.15, 0.2) is 0 Å². The van der Waals surface area contributed by atoms with Gasteiger partial charge in [-0.2, -0.15) is 0 Å². The molecular weight excluding hydrogens is 300 g/mol. The van der Waals surface area contributed by atoms with Crippen LogP contribution in [0.4, 0.5) is 0 Å². The summed E-state index contributed by atoms with van der Waals surface area (Å²) < 4.78 is 3.73. The van der Waals surface area contributed by atoms with Crippen LogP contribution in [0.2, 0.25) is 0 Å². The Labute approximate surface area is 91.9 Å². The summed E-state index contributed by atoms with van der Waals surface area (Å²) in [4.78, 5) is 0. The molecule has 0 spiro atoms. The maximum absolute atomic E-state index is 3.55. The summed E-state index contributed by atoms with van der Waals surface area (Å²) in [5.74, 6) is 0. The van der Waals surface area contributed by atoms with Gasteiger partial charge in [0.25, 0.3) is 0 Å². The highest BCUT2D eigenvalue weighted by Gasteiger charge is 2.07. The van der Waals surface area contributed by atoms with Gasteiger partial charge in [0, 0.05) is 14.6 Å². The van der Waals surface area contributed by atoms with Crippen molar-refractivity contribution in [1.29, 1.82) is 0 Å². The van der Waals surface area contributed by atoms with E-state index in [1.54, 1.807) is 11.3 Å². The van der Waals surface area contributed by atoms with E-state index in [0.717, 1.165) is 0 Å². The lowest BCUT2D eigenvalue weighted by atomic mass is 10.2. The molecule has 12 heavy (non-hydrogen) atoms. The predicted molar refractivity (Wildman–Crippen MR) is 62.0 cm³/mol. The molecule has 3 heteroatoms. The van der Waals surface area contributed by atoms with Gasteiger partial charge in [0.05, 0.1) is 3.79 Å². The van der Waals surface area contributed by atoms with Gasteiger partial charge in [-0.25, -0.2) is 0 Å². The molecule has 0 aliphatic rings. The molecule has 0 bridgehead atoms. The maximum atomic E-state index is 3.55. The van der Waals surface area contributed by atoms with E-state index in [-0.39, 0.29) is 0 Å². The number of thiophene rings is 1. The van der Waals surface area contributed by atoms with E-state index < -0.39 is 0 Å². The number of fused-ring (bicyclic) bond motifs is 1. The van der Waals surface area contributed by atoms with Crippen LogP contribution in [0, 0.1) is 6.92 Å². The first-order chi connectivity index (χ1) is 5.70. The number of hydrogen-bond acceptors (Lipinski definition) is 1. The van der Waals surface area contributed by atoms with Gasteiger partial charge >= 0.3 is 0 Å². The highest BCUT2D eigenvalue weighted by molar-refractivity contribution is 9.11. The molecule has 0 unspecified atom stereocenters. The summed E-state index contributed by atoms with van der Waals surface area (Å²) >= 11 is 8.87. The van der Waals surface area contributed by atoms with E-state index in [4.69, 9.17) is 0 Å². The lowest BCUT2D eigenvalue weighted by Gasteiger charge is -1.94. The van der Waals surface area contributed by atoms with E-state index in [2.05, 4.69) is 57.0 Å². The minimum Gasteiger partial charge on any atom is -0.128 e. The summed E-state index contributed by atoms with van der Waals surface area (Å²) in [7, 11) is 0. The molecule has 0 aliphatic heterocycles. The fourth-order valence-corrected chi connectivity index (χ4v) is 3.70. The average molecular weight is 306 g/mol. The van der Waals surface area contributed by atoms with Gasteiger partial charge in [0.1, 0.15) is 0 Å². The van der Waals surface area contributed by atoms with Crippen molar-refractivity contribution in [3.8, 4) is 0 Å². The van der Waals surface area contributed by atoms with Gasteiger partial charge < -0.3 is 0 Å². The molecule has 62 valence electrons. The van der Waals surface area contributed by atoms with Crippen molar-refractivity contribution in [3.63, 3.8) is 0 Å². The normalized spacial score (nSPS) is 10.9. The molecule has 0 amide bonds. The molecule has 0 saturated carbocycles. The van der Waals surface area contributed by atoms with Crippen molar-refractivity contribution in [2.45, 2.75) is 6.92 Å². The highest BCUT2D eigenvalue weighted by Crippen LogP contribution is 2.38. The average Bonchev–Trinajstić information content (AvgIpc) is 2.29. The number of rotatable bonds is 0. The Morgan fingerprint density at radius 3 is 2.67 bits per heavy atom. The second-order valence-corrected chi connectivity index (χ2v) is 5.84. The highest BCUT2D eigenvalue weighted by atomic mass is 79.9. The van der Waals surface area contributed by atoms with Gasteiger partial charge in [0.2, 0.25) is 0 Å². The Hall–Kier alpha value is 0.140. The van der Waals surface area contributed by atoms with Crippen LogP contribution in [0.3, 0.4) is 0 Å². The standard InChI is InChI=1S/C9H6Br2S/c1-5-8-6(10)3-2-4-7(8)12-9(5)11/h2-4H,1H3. The summed E-state index contributed by atoms with van der Waals surface area (Å²) in [6.07, 6.45) is 0. The van der Waals surface area contributed by atoms with Gasteiger partial charge in [-0.1, -0.05) is 22.0 Å². The van der Waals surface area contributed by atoms with Crippen LogP contribution in [0.15, 0.2) is 26.5 Å². The van der Waals surface area contributed by atoms with Gasteiger partial charge in [-0.3, -0.25) is 0 Å². The molecule has 0 fully saturated rings. The summed E-state index contributed by atoms with van der Waals surface area (Å²) in [5, 5.41) is 1.33. The van der Waals surface area contributed by atoms with Gasteiger partial charge in [-0.15, -0.1) is 11.3 Å². The lowest BCUT2D eigenvalue weighted by Crippen LogP contribution is -1.70. The summed E-state index contributed by atoms with van der Waals surface area (Å²) in [6, 6.07) is 6.28. The second kappa shape index (κ2) is 3.13. The van der Waals surface area contributed by atoms with E-state index in [9.17, 15) is 0 Å². The van der Waals surface area contributed by atoms with E-state index >= 15 is 0 Å². The summed E-state index contributed by atoms with van der Waals surface area (Å²) in [5.41, 5.74) is 1.32. The number of hydrogen-bond donors (Lipinski definition) is 0. The monoisotopic (exact) mass is 304 g/mol. The van der Waals surface area contributed by atoms with Crippen molar-refractivity contribution >= 4 is 53.3 Å². The SMILES string of the molecule is Cc1c(Br)sc2cccc(Br)c12. The van der Waals surface area contributed by atoms with Crippen molar-refractivity contribution < 1.29 is 0 Å². The van der Waals surface area contributed by atoms with Gasteiger partial charge in [-0.05, 0) is 40.5 Å². The quantitative estimate of drug-likeness (QED) is 0.660. The van der Waals surface area contributed by atoms with Crippen molar-refractivity contribution in [2.75, 3.05) is 0 Å². The largest absolute Gasteiger partial charge is 0.128 e. The molecule has 1 heterocycles. The first kappa shape index (κ1) is 8.73. The van der Waals surface area contributed by atoms with Crippen LogP contribution in [0.5, 0.6) is 0 Å². The molecule has 0 aliphatic carbocycles. The molecule has 0 N–H and O–H groups in total. The number of aryl methyl sites for hydroxylation is 1. The van der Waals surface area contributed by atoms with Crippen molar-refractivity contribution in [1.82, 2.24) is 0 Å². The first-order valence-electron chi connectivity index (χ1n) is 3.53. The topological polar surface area (TPSA) is 0 Å². The molecule has 0 radical (unpaired) electrons. The fourth-order valence-electron chi connectivity index (χ4n) is 1.22. The van der Waals surface area contributed by atoms with E-state index in [1.165, 1.54) is 23.9 Å². The second-order valence-electron chi connectivity index (χ2n) is 2.61. The Morgan fingerprint density at radius 2 is 2.00 bits per heavy atom. The Kier molecular flexibility index (Phi) is 2.27. The molecule has 1 aromatic carbocycles. The van der Waals surface area contributed by atoms with Crippen LogP contribution in [0.1, 0.15) is 5.56 Å². The minimum atomic E-state index is 1.18. The van der Waals surface area contributed by atoms with E-state index in [0.29, 0.717) is 0 Å². The van der Waals surface area contributed by atoms with Crippen LogP contribution in [-0.2, 0) is 0 Å². The Bertz CT molecular complexity index is 431. The third-order valence-electron chi connectivity index (χ3n) is 1.84. The molecule has 1 aromatic heterocycles. The minimum absolute atomic E-state index is 1.18.